The van der Waals surface area contributed by atoms with Crippen LogP contribution >= 0.6 is 34.8 Å². The fourth-order valence-electron chi connectivity index (χ4n) is 1.95. The molecule has 2 rings (SSSR count). The Kier molecular flexibility index (Phi) is 4.56. The quantitative estimate of drug-likeness (QED) is 0.809. The van der Waals surface area contributed by atoms with Gasteiger partial charge in [0, 0.05) is 5.02 Å². The molecule has 0 aliphatic carbocycles. The van der Waals surface area contributed by atoms with E-state index in [1.165, 1.54) is 12.1 Å². The smallest absolute Gasteiger partial charge is 0.324 e. The van der Waals surface area contributed by atoms with Gasteiger partial charge in [-0.1, -0.05) is 34.8 Å². The summed E-state index contributed by atoms with van der Waals surface area (Å²) >= 11 is 17.7. The summed E-state index contributed by atoms with van der Waals surface area (Å²) < 4.78 is 0. The molecule has 1 aliphatic rings. The van der Waals surface area contributed by atoms with E-state index in [2.05, 4.69) is 10.6 Å². The SMILES string of the molecule is CC1(C)NC(=O)N(CC(=O)Nc2c(Cl)cc(Cl)cc2Cl)C1=O. The average Bonchev–Trinajstić information content (AvgIpc) is 2.56. The molecule has 0 unspecified atom stereocenters. The summed E-state index contributed by atoms with van der Waals surface area (Å²) in [7, 11) is 0. The van der Waals surface area contributed by atoms with E-state index in [1.54, 1.807) is 13.8 Å². The normalized spacial score (nSPS) is 16.7. The van der Waals surface area contributed by atoms with E-state index in [9.17, 15) is 14.4 Å². The highest BCUT2D eigenvalue weighted by Gasteiger charge is 2.44. The number of halogens is 3. The summed E-state index contributed by atoms with van der Waals surface area (Å²) in [6.07, 6.45) is 0. The van der Waals surface area contributed by atoms with Crippen LogP contribution < -0.4 is 10.6 Å². The summed E-state index contributed by atoms with van der Waals surface area (Å²) in [4.78, 5) is 36.6. The van der Waals surface area contributed by atoms with Crippen LogP contribution in [0.15, 0.2) is 12.1 Å². The zero-order valence-electron chi connectivity index (χ0n) is 11.7. The van der Waals surface area contributed by atoms with Crippen LogP contribution in [0.1, 0.15) is 13.8 Å². The molecule has 0 radical (unpaired) electrons. The van der Waals surface area contributed by atoms with Crippen molar-refractivity contribution in [2.24, 2.45) is 0 Å². The van der Waals surface area contributed by atoms with Gasteiger partial charge in [-0.15, -0.1) is 0 Å². The molecule has 0 aromatic heterocycles. The van der Waals surface area contributed by atoms with E-state index >= 15 is 0 Å². The minimum Gasteiger partial charge on any atom is -0.324 e. The number of hydrogen-bond acceptors (Lipinski definition) is 3. The molecule has 0 spiro atoms. The first-order valence-corrected chi connectivity index (χ1v) is 7.33. The number of imide groups is 1. The third-order valence-electron chi connectivity index (χ3n) is 3.02. The second-order valence-corrected chi connectivity index (χ2v) is 6.49. The second-order valence-electron chi connectivity index (χ2n) is 5.24. The minimum absolute atomic E-state index is 0.156. The van der Waals surface area contributed by atoms with Gasteiger partial charge in [-0.3, -0.25) is 14.5 Å². The second kappa shape index (κ2) is 5.95. The standard InChI is InChI=1S/C13H12Cl3N3O3/c1-13(2)11(21)19(12(22)18-13)5-9(20)17-10-7(15)3-6(14)4-8(10)16/h3-4H,5H2,1-2H3,(H,17,20)(H,18,22). The van der Waals surface area contributed by atoms with Gasteiger partial charge < -0.3 is 10.6 Å². The molecule has 6 nitrogen and oxygen atoms in total. The zero-order valence-corrected chi connectivity index (χ0v) is 13.9. The van der Waals surface area contributed by atoms with Gasteiger partial charge in [-0.2, -0.15) is 0 Å². The van der Waals surface area contributed by atoms with E-state index < -0.39 is 29.9 Å². The van der Waals surface area contributed by atoms with Crippen LogP contribution in [0.3, 0.4) is 0 Å². The Morgan fingerprint density at radius 3 is 2.23 bits per heavy atom. The maximum Gasteiger partial charge on any atom is 0.325 e. The van der Waals surface area contributed by atoms with Gasteiger partial charge >= 0.3 is 6.03 Å². The molecule has 0 atom stereocenters. The highest BCUT2D eigenvalue weighted by atomic mass is 35.5. The highest BCUT2D eigenvalue weighted by Crippen LogP contribution is 2.33. The van der Waals surface area contributed by atoms with Gasteiger partial charge in [0.2, 0.25) is 5.91 Å². The molecule has 9 heteroatoms. The number of nitrogens with one attached hydrogen (secondary N) is 2. The summed E-state index contributed by atoms with van der Waals surface area (Å²) in [5.74, 6) is -1.09. The van der Waals surface area contributed by atoms with Gasteiger partial charge in [0.1, 0.15) is 12.1 Å². The van der Waals surface area contributed by atoms with Gasteiger partial charge in [0.05, 0.1) is 15.7 Å². The number of nitrogens with zero attached hydrogens (tertiary/aromatic N) is 1. The zero-order chi connectivity index (χ0) is 16.7. The number of carbonyl (C=O) groups excluding carboxylic acids is 3. The van der Waals surface area contributed by atoms with E-state index in [0.29, 0.717) is 5.02 Å². The molecule has 1 aliphatic heterocycles. The molecule has 0 saturated carbocycles. The van der Waals surface area contributed by atoms with Crippen molar-refractivity contribution in [2.75, 3.05) is 11.9 Å². The number of rotatable bonds is 3. The largest absolute Gasteiger partial charge is 0.325 e. The molecule has 4 amide bonds. The molecule has 1 saturated heterocycles. The summed E-state index contributed by atoms with van der Waals surface area (Å²) in [5.41, 5.74) is -0.864. The molecule has 2 N–H and O–H groups in total. The molecule has 0 bridgehead atoms. The van der Waals surface area contributed by atoms with Crippen molar-refractivity contribution in [2.45, 2.75) is 19.4 Å². The predicted octanol–water partition coefficient (Wildman–Crippen LogP) is 2.92. The molecule has 118 valence electrons. The molecule has 1 heterocycles. The van der Waals surface area contributed by atoms with E-state index in [0.717, 1.165) is 4.90 Å². The van der Waals surface area contributed by atoms with Crippen molar-refractivity contribution in [3.63, 3.8) is 0 Å². The molecular formula is C13H12Cl3N3O3. The van der Waals surface area contributed by atoms with Crippen LogP contribution in [0.2, 0.25) is 15.1 Å². The lowest BCUT2D eigenvalue weighted by Crippen LogP contribution is -2.41. The van der Waals surface area contributed by atoms with E-state index in [4.69, 9.17) is 34.8 Å². The first-order valence-electron chi connectivity index (χ1n) is 6.20. The Labute approximate surface area is 141 Å². The minimum atomic E-state index is -1.03. The van der Waals surface area contributed by atoms with E-state index in [-0.39, 0.29) is 15.7 Å². The molecule has 22 heavy (non-hydrogen) atoms. The Morgan fingerprint density at radius 1 is 1.23 bits per heavy atom. The first-order chi connectivity index (χ1) is 10.1. The lowest BCUT2D eigenvalue weighted by atomic mass is 10.1. The lowest BCUT2D eigenvalue weighted by Gasteiger charge is -2.16. The van der Waals surface area contributed by atoms with Crippen LogP contribution in [0.4, 0.5) is 10.5 Å². The Bertz CT molecular complexity index is 653. The van der Waals surface area contributed by atoms with Gasteiger partial charge in [-0.25, -0.2) is 4.79 Å². The number of anilines is 1. The Morgan fingerprint density at radius 2 is 1.77 bits per heavy atom. The number of amides is 4. The van der Waals surface area contributed by atoms with Crippen LogP contribution in [0.5, 0.6) is 0 Å². The van der Waals surface area contributed by atoms with Crippen molar-refractivity contribution >= 4 is 58.3 Å². The number of carbonyl (C=O) groups is 3. The maximum absolute atomic E-state index is 12.0. The third kappa shape index (κ3) is 3.29. The molecule has 1 aromatic rings. The number of benzene rings is 1. The van der Waals surface area contributed by atoms with E-state index in [1.807, 2.05) is 0 Å². The fourth-order valence-corrected chi connectivity index (χ4v) is 2.86. The summed E-state index contributed by atoms with van der Waals surface area (Å²) in [6.45, 7) is 2.67. The summed E-state index contributed by atoms with van der Waals surface area (Å²) in [6, 6.07) is 2.21. The van der Waals surface area contributed by atoms with Gasteiger partial charge in [0.15, 0.2) is 0 Å². The topological polar surface area (TPSA) is 78.5 Å². The maximum atomic E-state index is 12.0. The van der Waals surface area contributed by atoms with Crippen LogP contribution in [-0.4, -0.2) is 34.8 Å². The Balaban J connectivity index is 2.12. The molecular weight excluding hydrogens is 353 g/mol. The highest BCUT2D eigenvalue weighted by molar-refractivity contribution is 6.42. The van der Waals surface area contributed by atoms with Crippen molar-refractivity contribution < 1.29 is 14.4 Å². The number of hydrogen-bond donors (Lipinski definition) is 2. The third-order valence-corrected chi connectivity index (χ3v) is 3.83. The summed E-state index contributed by atoms with van der Waals surface area (Å²) in [5, 5.41) is 5.58. The van der Waals surface area contributed by atoms with Gasteiger partial charge in [0.25, 0.3) is 5.91 Å². The first kappa shape index (κ1) is 16.9. The fraction of sp³-hybridized carbons (Fsp3) is 0.308. The van der Waals surface area contributed by atoms with Gasteiger partial charge in [-0.05, 0) is 26.0 Å². The monoisotopic (exact) mass is 363 g/mol. The lowest BCUT2D eigenvalue weighted by molar-refractivity contribution is -0.132. The van der Waals surface area contributed by atoms with Crippen LogP contribution in [0.25, 0.3) is 0 Å². The predicted molar refractivity (Wildman–Crippen MR) is 84.4 cm³/mol. The van der Waals surface area contributed by atoms with Crippen molar-refractivity contribution in [3.8, 4) is 0 Å². The van der Waals surface area contributed by atoms with Crippen molar-refractivity contribution in [1.29, 1.82) is 0 Å². The van der Waals surface area contributed by atoms with Crippen molar-refractivity contribution in [1.82, 2.24) is 10.2 Å². The van der Waals surface area contributed by atoms with Crippen LogP contribution in [-0.2, 0) is 9.59 Å². The molecule has 1 fully saturated rings. The number of urea groups is 1. The van der Waals surface area contributed by atoms with Crippen molar-refractivity contribution in [3.05, 3.63) is 27.2 Å². The van der Waals surface area contributed by atoms with Crippen LogP contribution in [0, 0.1) is 0 Å². The molecule has 1 aromatic carbocycles. The Hall–Kier alpha value is -1.50. The average molecular weight is 365 g/mol.